The van der Waals surface area contributed by atoms with E-state index in [1.165, 1.54) is 11.3 Å². The predicted octanol–water partition coefficient (Wildman–Crippen LogP) is 0.432. The minimum Gasteiger partial charge on any atom is -0.363 e. The number of carbonyl (C=O) groups excluding carboxylic acids is 1. The third-order valence-corrected chi connectivity index (χ3v) is 3.78. The second-order valence-corrected chi connectivity index (χ2v) is 4.90. The summed E-state index contributed by atoms with van der Waals surface area (Å²) in [5, 5.41) is 11.7. The molecular weight excluding hydrogens is 252 g/mol. The first-order chi connectivity index (χ1) is 8.78. The van der Waals surface area contributed by atoms with Crippen LogP contribution in [-0.4, -0.2) is 44.1 Å². The number of imidazole rings is 1. The number of fused-ring (bicyclic) bond motifs is 1. The van der Waals surface area contributed by atoms with E-state index in [0.29, 0.717) is 23.2 Å². The minimum atomic E-state index is -0.0803. The topological polar surface area (TPSA) is 75.9 Å². The van der Waals surface area contributed by atoms with Crippen LogP contribution in [0.25, 0.3) is 0 Å². The Balaban J connectivity index is 1.78. The number of aromatic nitrogens is 4. The minimum absolute atomic E-state index is 0.0803. The Morgan fingerprint density at radius 2 is 2.33 bits per heavy atom. The zero-order valence-electron chi connectivity index (χ0n) is 9.83. The second kappa shape index (κ2) is 4.37. The zero-order chi connectivity index (χ0) is 12.5. The molecule has 2 aromatic heterocycles. The fourth-order valence-corrected chi connectivity index (χ4v) is 2.56. The van der Waals surface area contributed by atoms with Crippen molar-refractivity contribution in [2.75, 3.05) is 18.9 Å². The molecule has 1 aliphatic heterocycles. The first kappa shape index (κ1) is 11.1. The van der Waals surface area contributed by atoms with Crippen molar-refractivity contribution < 1.29 is 4.79 Å². The maximum absolute atomic E-state index is 12.2. The van der Waals surface area contributed by atoms with Crippen molar-refractivity contribution in [1.29, 1.82) is 0 Å². The third kappa shape index (κ3) is 1.84. The van der Waals surface area contributed by atoms with Crippen LogP contribution in [0.1, 0.15) is 15.6 Å². The second-order valence-electron chi connectivity index (χ2n) is 3.93. The van der Waals surface area contributed by atoms with Gasteiger partial charge in [0.15, 0.2) is 0 Å². The molecule has 0 fully saturated rings. The van der Waals surface area contributed by atoms with Gasteiger partial charge in [-0.1, -0.05) is 11.3 Å². The highest BCUT2D eigenvalue weighted by Gasteiger charge is 2.24. The third-order valence-electron chi connectivity index (χ3n) is 2.85. The van der Waals surface area contributed by atoms with Gasteiger partial charge >= 0.3 is 0 Å². The fraction of sp³-hybridized carbons (Fsp3) is 0.400. The van der Waals surface area contributed by atoms with Crippen LogP contribution in [-0.2, 0) is 13.1 Å². The molecule has 1 aliphatic rings. The van der Waals surface area contributed by atoms with Crippen molar-refractivity contribution in [3.63, 3.8) is 0 Å². The van der Waals surface area contributed by atoms with Crippen LogP contribution < -0.4 is 5.32 Å². The van der Waals surface area contributed by atoms with Crippen molar-refractivity contribution in [3.8, 4) is 0 Å². The Labute approximate surface area is 107 Å². The van der Waals surface area contributed by atoms with E-state index < -0.39 is 0 Å². The number of rotatable bonds is 2. The Kier molecular flexibility index (Phi) is 2.71. The summed E-state index contributed by atoms with van der Waals surface area (Å²) in [7, 11) is 1.76. The van der Waals surface area contributed by atoms with Crippen LogP contribution in [0, 0.1) is 0 Å². The average molecular weight is 264 g/mol. The SMILES string of the molecule is CNc1nnc(C(=O)N2CCn3ccnc3C2)s1. The van der Waals surface area contributed by atoms with Gasteiger partial charge in [0.2, 0.25) is 10.1 Å². The largest absolute Gasteiger partial charge is 0.363 e. The highest BCUT2D eigenvalue weighted by atomic mass is 32.1. The van der Waals surface area contributed by atoms with Gasteiger partial charge in [0.25, 0.3) is 5.91 Å². The van der Waals surface area contributed by atoms with E-state index in [2.05, 4.69) is 25.1 Å². The molecule has 0 aliphatic carbocycles. The van der Waals surface area contributed by atoms with E-state index in [1.54, 1.807) is 18.1 Å². The number of hydrogen-bond acceptors (Lipinski definition) is 6. The first-order valence-electron chi connectivity index (χ1n) is 5.58. The number of carbonyl (C=O) groups is 1. The van der Waals surface area contributed by atoms with E-state index in [1.807, 2.05) is 6.20 Å². The normalized spacial score (nSPS) is 14.4. The van der Waals surface area contributed by atoms with Crippen molar-refractivity contribution in [2.45, 2.75) is 13.1 Å². The molecule has 0 spiro atoms. The molecule has 8 heteroatoms. The number of anilines is 1. The van der Waals surface area contributed by atoms with Crippen LogP contribution >= 0.6 is 11.3 Å². The monoisotopic (exact) mass is 264 g/mol. The number of hydrogen-bond donors (Lipinski definition) is 1. The fourth-order valence-electron chi connectivity index (χ4n) is 1.89. The van der Waals surface area contributed by atoms with Gasteiger partial charge in [0.05, 0.1) is 6.54 Å². The van der Waals surface area contributed by atoms with Crippen molar-refractivity contribution in [2.24, 2.45) is 0 Å². The smallest absolute Gasteiger partial charge is 0.285 e. The lowest BCUT2D eigenvalue weighted by molar-refractivity contribution is 0.0706. The van der Waals surface area contributed by atoms with Gasteiger partial charge in [-0.05, 0) is 0 Å². The molecule has 3 heterocycles. The molecule has 18 heavy (non-hydrogen) atoms. The van der Waals surface area contributed by atoms with E-state index in [-0.39, 0.29) is 5.91 Å². The van der Waals surface area contributed by atoms with Crippen LogP contribution in [0.2, 0.25) is 0 Å². The lowest BCUT2D eigenvalue weighted by Gasteiger charge is -2.26. The number of nitrogens with one attached hydrogen (secondary N) is 1. The Morgan fingerprint density at radius 1 is 1.44 bits per heavy atom. The average Bonchev–Trinajstić information content (AvgIpc) is 3.05. The molecule has 94 valence electrons. The molecule has 3 rings (SSSR count). The Hall–Kier alpha value is -1.96. The molecule has 0 saturated carbocycles. The summed E-state index contributed by atoms with van der Waals surface area (Å²) >= 11 is 1.27. The van der Waals surface area contributed by atoms with Gasteiger partial charge < -0.3 is 14.8 Å². The maximum Gasteiger partial charge on any atom is 0.285 e. The van der Waals surface area contributed by atoms with Crippen molar-refractivity contribution >= 4 is 22.4 Å². The molecule has 0 aromatic carbocycles. The summed E-state index contributed by atoms with van der Waals surface area (Å²) in [6, 6.07) is 0. The summed E-state index contributed by atoms with van der Waals surface area (Å²) in [6.07, 6.45) is 3.69. The van der Waals surface area contributed by atoms with E-state index in [9.17, 15) is 4.79 Å². The van der Waals surface area contributed by atoms with Crippen LogP contribution in [0.5, 0.6) is 0 Å². The summed E-state index contributed by atoms with van der Waals surface area (Å²) in [4.78, 5) is 18.2. The molecule has 1 N–H and O–H groups in total. The van der Waals surface area contributed by atoms with E-state index >= 15 is 0 Å². The number of nitrogens with zero attached hydrogens (tertiary/aromatic N) is 5. The van der Waals surface area contributed by atoms with Gasteiger partial charge in [-0.3, -0.25) is 4.79 Å². The summed E-state index contributed by atoms with van der Waals surface area (Å²) in [5.74, 6) is 0.830. The van der Waals surface area contributed by atoms with E-state index in [4.69, 9.17) is 0 Å². The quantitative estimate of drug-likeness (QED) is 0.851. The summed E-state index contributed by atoms with van der Waals surface area (Å²) < 4.78 is 2.06. The number of amides is 1. The summed E-state index contributed by atoms with van der Waals surface area (Å²) in [6.45, 7) is 1.98. The van der Waals surface area contributed by atoms with Gasteiger partial charge in [0.1, 0.15) is 5.82 Å². The zero-order valence-corrected chi connectivity index (χ0v) is 10.6. The highest BCUT2D eigenvalue weighted by molar-refractivity contribution is 7.17. The molecule has 1 amide bonds. The van der Waals surface area contributed by atoms with Crippen LogP contribution in [0.3, 0.4) is 0 Å². The van der Waals surface area contributed by atoms with Crippen molar-refractivity contribution in [3.05, 3.63) is 23.2 Å². The molecule has 0 unspecified atom stereocenters. The lowest BCUT2D eigenvalue weighted by atomic mass is 10.3. The molecular formula is C10H12N6OS. The Bertz CT molecular complexity index is 576. The van der Waals surface area contributed by atoms with Gasteiger partial charge in [-0.2, -0.15) is 0 Å². The van der Waals surface area contributed by atoms with Crippen molar-refractivity contribution in [1.82, 2.24) is 24.6 Å². The maximum atomic E-state index is 12.2. The molecule has 0 bridgehead atoms. The first-order valence-corrected chi connectivity index (χ1v) is 6.40. The lowest BCUT2D eigenvalue weighted by Crippen LogP contribution is -2.38. The Morgan fingerprint density at radius 3 is 3.11 bits per heavy atom. The van der Waals surface area contributed by atoms with Gasteiger partial charge in [0, 0.05) is 32.5 Å². The molecule has 0 radical (unpaired) electrons. The summed E-state index contributed by atoms with van der Waals surface area (Å²) in [5.41, 5.74) is 0. The molecule has 2 aromatic rings. The van der Waals surface area contributed by atoms with Crippen LogP contribution in [0.4, 0.5) is 5.13 Å². The van der Waals surface area contributed by atoms with Gasteiger partial charge in [-0.25, -0.2) is 4.98 Å². The molecule has 0 saturated heterocycles. The van der Waals surface area contributed by atoms with Crippen LogP contribution in [0.15, 0.2) is 12.4 Å². The highest BCUT2D eigenvalue weighted by Crippen LogP contribution is 2.19. The standard InChI is InChI=1S/C10H12N6OS/c1-11-10-14-13-8(18-10)9(17)16-5-4-15-3-2-12-7(15)6-16/h2-3H,4-6H2,1H3,(H,11,14). The molecule has 7 nitrogen and oxygen atoms in total. The van der Waals surface area contributed by atoms with Gasteiger partial charge in [-0.15, -0.1) is 10.2 Å². The predicted molar refractivity (Wildman–Crippen MR) is 66.4 cm³/mol. The molecule has 0 atom stereocenters. The van der Waals surface area contributed by atoms with E-state index in [0.717, 1.165) is 12.4 Å².